The first-order chi connectivity index (χ1) is 8.56. The average molecular weight is 289 g/mol. The molecule has 1 aliphatic heterocycles. The number of halogens is 2. The van der Waals surface area contributed by atoms with Crippen LogP contribution in [-0.4, -0.2) is 44.1 Å². The van der Waals surface area contributed by atoms with E-state index in [1.807, 2.05) is 5.01 Å². The van der Waals surface area contributed by atoms with Gasteiger partial charge in [-0.05, 0) is 18.2 Å². The number of carbonyl (C=O) groups excluding carboxylic acids is 1. The first-order valence-corrected chi connectivity index (χ1v) is 6.64. The molecule has 0 radical (unpaired) electrons. The second-order valence-corrected chi connectivity index (χ2v) is 5.33. The van der Waals surface area contributed by atoms with Crippen molar-refractivity contribution in [2.45, 2.75) is 0 Å². The number of amides is 1. The summed E-state index contributed by atoms with van der Waals surface area (Å²) < 4.78 is 0. The second kappa shape index (κ2) is 5.89. The molecule has 1 aromatic carbocycles. The third-order valence-corrected chi connectivity index (χ3v) is 3.80. The summed E-state index contributed by atoms with van der Waals surface area (Å²) in [4.78, 5) is 13.5. The van der Waals surface area contributed by atoms with Gasteiger partial charge >= 0.3 is 0 Å². The van der Waals surface area contributed by atoms with E-state index in [2.05, 4.69) is 12.5 Å². The van der Waals surface area contributed by atoms with Gasteiger partial charge in [-0.3, -0.25) is 10.2 Å². The molecular weight excluding hydrogens is 273 g/mol. The Morgan fingerprint density at radius 2 is 1.94 bits per heavy atom. The molecule has 1 aromatic rings. The van der Waals surface area contributed by atoms with Gasteiger partial charge in [0.2, 0.25) is 0 Å². The van der Waals surface area contributed by atoms with Gasteiger partial charge in [-0.2, -0.15) is 0 Å². The number of hydrazine groups is 1. The minimum Gasteiger partial charge on any atom is -0.335 e. The second-order valence-electron chi connectivity index (χ2n) is 4.51. The maximum atomic E-state index is 12.0. The SMILES string of the molecule is C[NH+]1CCN(NC(=O)c2ccc(Cl)c(Cl)c2)CC1. The number of piperazine rings is 1. The summed E-state index contributed by atoms with van der Waals surface area (Å²) in [5.41, 5.74) is 3.41. The molecule has 18 heavy (non-hydrogen) atoms. The van der Waals surface area contributed by atoms with E-state index >= 15 is 0 Å². The Morgan fingerprint density at radius 3 is 2.56 bits per heavy atom. The van der Waals surface area contributed by atoms with Gasteiger partial charge in [0.25, 0.3) is 5.91 Å². The molecule has 2 rings (SSSR count). The van der Waals surface area contributed by atoms with Crippen LogP contribution in [0.2, 0.25) is 10.0 Å². The summed E-state index contributed by atoms with van der Waals surface area (Å²) in [5.74, 6) is -0.145. The number of likely N-dealkylation sites (N-methyl/N-ethyl adjacent to an activating group) is 1. The first-order valence-electron chi connectivity index (χ1n) is 5.88. The highest BCUT2D eigenvalue weighted by molar-refractivity contribution is 6.42. The van der Waals surface area contributed by atoms with Gasteiger partial charge in [0, 0.05) is 5.56 Å². The van der Waals surface area contributed by atoms with Gasteiger partial charge in [0.1, 0.15) is 0 Å². The van der Waals surface area contributed by atoms with E-state index in [0.29, 0.717) is 15.6 Å². The molecule has 0 saturated carbocycles. The largest absolute Gasteiger partial charge is 0.335 e. The van der Waals surface area contributed by atoms with Crippen LogP contribution in [0.25, 0.3) is 0 Å². The van der Waals surface area contributed by atoms with Crippen LogP contribution in [0.3, 0.4) is 0 Å². The predicted molar refractivity (Wildman–Crippen MR) is 72.1 cm³/mol. The highest BCUT2D eigenvalue weighted by atomic mass is 35.5. The number of quaternary nitrogens is 1. The number of hydrogen-bond acceptors (Lipinski definition) is 2. The molecule has 0 unspecified atom stereocenters. The van der Waals surface area contributed by atoms with Crippen LogP contribution >= 0.6 is 23.2 Å². The predicted octanol–water partition coefficient (Wildman–Crippen LogP) is 0.469. The number of nitrogens with zero attached hydrogens (tertiary/aromatic N) is 1. The lowest BCUT2D eigenvalue weighted by molar-refractivity contribution is -0.884. The average Bonchev–Trinajstić information content (AvgIpc) is 2.35. The zero-order valence-corrected chi connectivity index (χ0v) is 11.7. The molecular formula is C12H16Cl2N3O+. The molecule has 0 aromatic heterocycles. The minimum atomic E-state index is -0.145. The lowest BCUT2D eigenvalue weighted by atomic mass is 10.2. The summed E-state index contributed by atoms with van der Waals surface area (Å²) in [6, 6.07) is 4.89. The van der Waals surface area contributed by atoms with Crippen molar-refractivity contribution in [3.63, 3.8) is 0 Å². The Kier molecular flexibility index (Phi) is 4.45. The van der Waals surface area contributed by atoms with E-state index in [-0.39, 0.29) is 5.91 Å². The molecule has 1 heterocycles. The van der Waals surface area contributed by atoms with Crippen LogP contribution in [0.5, 0.6) is 0 Å². The summed E-state index contributed by atoms with van der Waals surface area (Å²) in [5, 5.41) is 2.79. The molecule has 2 N–H and O–H groups in total. The Hall–Kier alpha value is -0.810. The molecule has 1 amide bonds. The standard InChI is InChI=1S/C12H15Cl2N3O/c1-16-4-6-17(7-5-16)15-12(18)9-2-3-10(13)11(14)8-9/h2-3,8H,4-7H2,1H3,(H,15,18)/p+1. The monoisotopic (exact) mass is 288 g/mol. The molecule has 1 aliphatic rings. The Labute approximate surface area is 116 Å². The van der Waals surface area contributed by atoms with Crippen molar-refractivity contribution in [2.75, 3.05) is 33.2 Å². The minimum absolute atomic E-state index is 0.145. The third-order valence-electron chi connectivity index (χ3n) is 3.06. The van der Waals surface area contributed by atoms with Crippen molar-refractivity contribution in [3.8, 4) is 0 Å². The Bertz CT molecular complexity index is 445. The van der Waals surface area contributed by atoms with Gasteiger partial charge in [-0.1, -0.05) is 23.2 Å². The van der Waals surface area contributed by atoms with E-state index in [0.717, 1.165) is 26.2 Å². The molecule has 0 atom stereocenters. The molecule has 0 bridgehead atoms. The normalized spacial score (nSPS) is 17.7. The van der Waals surface area contributed by atoms with Crippen molar-refractivity contribution >= 4 is 29.1 Å². The zero-order chi connectivity index (χ0) is 13.1. The smallest absolute Gasteiger partial charge is 0.265 e. The summed E-state index contributed by atoms with van der Waals surface area (Å²) in [6.07, 6.45) is 0. The Balaban J connectivity index is 1.97. The van der Waals surface area contributed by atoms with E-state index in [4.69, 9.17) is 23.2 Å². The van der Waals surface area contributed by atoms with Gasteiger partial charge in [-0.15, -0.1) is 0 Å². The van der Waals surface area contributed by atoms with Crippen LogP contribution in [0.4, 0.5) is 0 Å². The van der Waals surface area contributed by atoms with Gasteiger partial charge in [0.15, 0.2) is 0 Å². The molecule has 6 heteroatoms. The number of rotatable bonds is 2. The van der Waals surface area contributed by atoms with Crippen molar-refractivity contribution in [1.82, 2.24) is 10.4 Å². The topological polar surface area (TPSA) is 36.8 Å². The molecule has 0 spiro atoms. The first kappa shape index (κ1) is 13.6. The fourth-order valence-electron chi connectivity index (χ4n) is 1.85. The van der Waals surface area contributed by atoms with E-state index < -0.39 is 0 Å². The van der Waals surface area contributed by atoms with Gasteiger partial charge in [0.05, 0.1) is 43.3 Å². The highest BCUT2D eigenvalue weighted by Gasteiger charge is 2.19. The molecule has 98 valence electrons. The fourth-order valence-corrected chi connectivity index (χ4v) is 2.14. The summed E-state index contributed by atoms with van der Waals surface area (Å²) in [7, 11) is 2.15. The lowest BCUT2D eigenvalue weighted by Gasteiger charge is -2.30. The number of hydrogen-bond donors (Lipinski definition) is 2. The van der Waals surface area contributed by atoms with Crippen LogP contribution in [0.15, 0.2) is 18.2 Å². The quantitative estimate of drug-likeness (QED) is 0.830. The fraction of sp³-hybridized carbons (Fsp3) is 0.417. The van der Waals surface area contributed by atoms with Gasteiger partial charge in [-0.25, -0.2) is 5.01 Å². The van der Waals surface area contributed by atoms with Crippen LogP contribution in [0, 0.1) is 0 Å². The summed E-state index contributed by atoms with van der Waals surface area (Å²) >= 11 is 11.7. The number of benzene rings is 1. The highest BCUT2D eigenvalue weighted by Crippen LogP contribution is 2.22. The number of nitrogens with one attached hydrogen (secondary N) is 2. The van der Waals surface area contributed by atoms with Crippen molar-refractivity contribution in [3.05, 3.63) is 33.8 Å². The maximum Gasteiger partial charge on any atom is 0.265 e. The molecule has 0 aliphatic carbocycles. The molecule has 1 fully saturated rings. The van der Waals surface area contributed by atoms with Gasteiger partial charge < -0.3 is 4.90 Å². The van der Waals surface area contributed by atoms with Crippen LogP contribution in [0.1, 0.15) is 10.4 Å². The van der Waals surface area contributed by atoms with E-state index in [1.165, 1.54) is 4.90 Å². The third kappa shape index (κ3) is 3.36. The Morgan fingerprint density at radius 1 is 1.28 bits per heavy atom. The van der Waals surface area contributed by atoms with Crippen molar-refractivity contribution in [2.24, 2.45) is 0 Å². The molecule has 4 nitrogen and oxygen atoms in total. The van der Waals surface area contributed by atoms with E-state index in [1.54, 1.807) is 18.2 Å². The van der Waals surface area contributed by atoms with E-state index in [9.17, 15) is 4.79 Å². The maximum absolute atomic E-state index is 12.0. The lowest BCUT2D eigenvalue weighted by Crippen LogP contribution is -3.12. The van der Waals surface area contributed by atoms with Crippen molar-refractivity contribution < 1.29 is 9.69 Å². The molecule has 1 saturated heterocycles. The van der Waals surface area contributed by atoms with Crippen LogP contribution in [-0.2, 0) is 0 Å². The zero-order valence-electron chi connectivity index (χ0n) is 10.2. The summed E-state index contributed by atoms with van der Waals surface area (Å²) in [6.45, 7) is 3.78. The van der Waals surface area contributed by atoms with Crippen LogP contribution < -0.4 is 10.3 Å². The number of carbonyl (C=O) groups is 1. The van der Waals surface area contributed by atoms with Crippen molar-refractivity contribution in [1.29, 1.82) is 0 Å².